The largest absolute Gasteiger partial charge is 0.480 e. The number of nitrogens with two attached hydrogens (primary N) is 1. The van der Waals surface area contributed by atoms with E-state index in [4.69, 9.17) is 10.8 Å². The molecule has 0 saturated carbocycles. The Morgan fingerprint density at radius 3 is 2.29 bits per heavy atom. The smallest absolute Gasteiger partial charge is 0.395 e. The van der Waals surface area contributed by atoms with Gasteiger partial charge in [-0.2, -0.15) is 24.9 Å². The SMILES string of the molecule is NC(CCSCCC(c1ccccc1)C(F)(F)F)C(=O)O. The van der Waals surface area contributed by atoms with Crippen LogP contribution in [0.25, 0.3) is 0 Å². The lowest BCUT2D eigenvalue weighted by molar-refractivity contribution is -0.150. The summed E-state index contributed by atoms with van der Waals surface area (Å²) in [5.74, 6) is -1.83. The Balaban J connectivity index is 2.44. The van der Waals surface area contributed by atoms with E-state index in [1.807, 2.05) is 0 Å². The van der Waals surface area contributed by atoms with Crippen LogP contribution in [-0.4, -0.2) is 34.8 Å². The summed E-state index contributed by atoms with van der Waals surface area (Å²) in [5, 5.41) is 8.60. The third-order valence-corrected chi connectivity index (χ3v) is 4.09. The van der Waals surface area contributed by atoms with Gasteiger partial charge in [-0.1, -0.05) is 30.3 Å². The van der Waals surface area contributed by atoms with E-state index in [1.54, 1.807) is 18.2 Å². The maximum Gasteiger partial charge on any atom is 0.395 e. The zero-order chi connectivity index (χ0) is 15.9. The second-order valence-electron chi connectivity index (χ2n) is 4.64. The van der Waals surface area contributed by atoms with Gasteiger partial charge in [-0.3, -0.25) is 4.79 Å². The lowest BCUT2D eigenvalue weighted by atomic mass is 9.96. The molecule has 118 valence electrons. The van der Waals surface area contributed by atoms with Crippen molar-refractivity contribution in [2.45, 2.75) is 31.0 Å². The highest BCUT2D eigenvalue weighted by Crippen LogP contribution is 2.38. The van der Waals surface area contributed by atoms with Crippen molar-refractivity contribution in [2.24, 2.45) is 5.73 Å². The number of carboxylic acids is 1. The standard InChI is InChI=1S/C14H18F3NO2S/c15-14(16,17)11(10-4-2-1-3-5-10)6-8-21-9-7-12(18)13(19)20/h1-5,11-12H,6-9,18H2,(H,19,20). The molecule has 0 heterocycles. The molecule has 0 aromatic heterocycles. The maximum absolute atomic E-state index is 13.0. The molecular weight excluding hydrogens is 303 g/mol. The number of alkyl halides is 3. The first-order valence-electron chi connectivity index (χ1n) is 6.50. The highest BCUT2D eigenvalue weighted by molar-refractivity contribution is 7.99. The van der Waals surface area contributed by atoms with Gasteiger partial charge >= 0.3 is 12.1 Å². The van der Waals surface area contributed by atoms with E-state index < -0.39 is 24.1 Å². The fourth-order valence-corrected chi connectivity index (χ4v) is 2.87. The molecule has 0 amide bonds. The Morgan fingerprint density at radius 2 is 1.76 bits per heavy atom. The van der Waals surface area contributed by atoms with E-state index in [0.717, 1.165) is 0 Å². The fraction of sp³-hybridized carbons (Fsp3) is 0.500. The molecule has 21 heavy (non-hydrogen) atoms. The minimum absolute atomic E-state index is 0.0273. The molecule has 0 radical (unpaired) electrons. The number of hydrogen-bond donors (Lipinski definition) is 2. The fourth-order valence-electron chi connectivity index (χ4n) is 1.84. The molecule has 0 aliphatic heterocycles. The number of thioether (sulfide) groups is 1. The van der Waals surface area contributed by atoms with Gasteiger partial charge in [0, 0.05) is 0 Å². The van der Waals surface area contributed by atoms with Crippen LogP contribution >= 0.6 is 11.8 Å². The number of carboxylic acid groups (broad SMARTS) is 1. The minimum atomic E-state index is -4.28. The molecular formula is C14H18F3NO2S. The van der Waals surface area contributed by atoms with E-state index in [2.05, 4.69) is 0 Å². The monoisotopic (exact) mass is 321 g/mol. The third-order valence-electron chi connectivity index (χ3n) is 3.04. The van der Waals surface area contributed by atoms with Crippen LogP contribution in [0.3, 0.4) is 0 Å². The van der Waals surface area contributed by atoms with Crippen molar-refractivity contribution in [2.75, 3.05) is 11.5 Å². The average Bonchev–Trinajstić information content (AvgIpc) is 2.41. The Labute approximate surface area is 125 Å². The molecule has 1 rings (SSSR count). The van der Waals surface area contributed by atoms with Gasteiger partial charge in [-0.15, -0.1) is 0 Å². The third kappa shape index (κ3) is 6.39. The van der Waals surface area contributed by atoms with Crippen LogP contribution in [0.5, 0.6) is 0 Å². The topological polar surface area (TPSA) is 63.3 Å². The molecule has 2 atom stereocenters. The predicted octanol–water partition coefficient (Wildman–Crippen LogP) is 3.26. The van der Waals surface area contributed by atoms with Crippen molar-refractivity contribution in [3.8, 4) is 0 Å². The minimum Gasteiger partial charge on any atom is -0.480 e. The molecule has 3 nitrogen and oxygen atoms in total. The normalized spacial score (nSPS) is 14.7. The molecule has 0 aliphatic rings. The number of halogens is 3. The Bertz CT molecular complexity index is 440. The van der Waals surface area contributed by atoms with Gasteiger partial charge in [0.2, 0.25) is 0 Å². The first kappa shape index (κ1) is 17.8. The lowest BCUT2D eigenvalue weighted by Crippen LogP contribution is -2.30. The van der Waals surface area contributed by atoms with E-state index >= 15 is 0 Å². The molecule has 0 aliphatic carbocycles. The predicted molar refractivity (Wildman–Crippen MR) is 77.4 cm³/mol. The Morgan fingerprint density at radius 1 is 1.19 bits per heavy atom. The average molecular weight is 321 g/mol. The second-order valence-corrected chi connectivity index (χ2v) is 5.86. The second kappa shape index (κ2) is 8.29. The van der Waals surface area contributed by atoms with Crippen molar-refractivity contribution in [1.82, 2.24) is 0 Å². The quantitative estimate of drug-likeness (QED) is 0.722. The van der Waals surface area contributed by atoms with Gasteiger partial charge in [0.1, 0.15) is 6.04 Å². The highest BCUT2D eigenvalue weighted by Gasteiger charge is 2.39. The molecule has 0 spiro atoms. The summed E-state index contributed by atoms with van der Waals surface area (Å²) in [6.07, 6.45) is -4.05. The van der Waals surface area contributed by atoms with Crippen LogP contribution < -0.4 is 5.73 Å². The van der Waals surface area contributed by atoms with Crippen molar-refractivity contribution >= 4 is 17.7 Å². The summed E-state index contributed by atoms with van der Waals surface area (Å²) in [7, 11) is 0. The van der Waals surface area contributed by atoms with Crippen LogP contribution in [-0.2, 0) is 4.79 Å². The first-order valence-corrected chi connectivity index (χ1v) is 7.65. The van der Waals surface area contributed by atoms with Crippen LogP contribution in [0.15, 0.2) is 30.3 Å². The Hall–Kier alpha value is -1.21. The van der Waals surface area contributed by atoms with Gasteiger partial charge < -0.3 is 10.8 Å². The number of rotatable bonds is 8. The van der Waals surface area contributed by atoms with Crippen LogP contribution in [0, 0.1) is 0 Å². The number of benzene rings is 1. The Kier molecular flexibility index (Phi) is 7.04. The van der Waals surface area contributed by atoms with Crippen molar-refractivity contribution in [3.63, 3.8) is 0 Å². The molecule has 0 fully saturated rings. The molecule has 2 unspecified atom stereocenters. The summed E-state index contributed by atoms with van der Waals surface area (Å²) < 4.78 is 39.1. The van der Waals surface area contributed by atoms with Crippen LogP contribution in [0.2, 0.25) is 0 Å². The van der Waals surface area contributed by atoms with Gasteiger partial charge in [0.25, 0.3) is 0 Å². The molecule has 1 aromatic carbocycles. The molecule has 0 saturated heterocycles. The van der Waals surface area contributed by atoms with Crippen LogP contribution in [0.4, 0.5) is 13.2 Å². The highest BCUT2D eigenvalue weighted by atomic mass is 32.2. The van der Waals surface area contributed by atoms with Gasteiger partial charge in [0.15, 0.2) is 0 Å². The summed E-state index contributed by atoms with van der Waals surface area (Å²) in [4.78, 5) is 10.5. The summed E-state index contributed by atoms with van der Waals surface area (Å²) in [5.41, 5.74) is 5.58. The molecule has 0 bridgehead atoms. The number of aliphatic carboxylic acids is 1. The number of carbonyl (C=O) groups is 1. The first-order chi connectivity index (χ1) is 9.82. The van der Waals surface area contributed by atoms with Gasteiger partial charge in [-0.25, -0.2) is 0 Å². The van der Waals surface area contributed by atoms with Crippen molar-refractivity contribution < 1.29 is 23.1 Å². The molecule has 1 aromatic rings. The van der Waals surface area contributed by atoms with E-state index in [9.17, 15) is 18.0 Å². The summed E-state index contributed by atoms with van der Waals surface area (Å²) in [6.45, 7) is 0. The number of hydrogen-bond acceptors (Lipinski definition) is 3. The van der Waals surface area contributed by atoms with Crippen molar-refractivity contribution in [3.05, 3.63) is 35.9 Å². The zero-order valence-corrected chi connectivity index (χ0v) is 12.2. The zero-order valence-electron chi connectivity index (χ0n) is 11.3. The van der Waals surface area contributed by atoms with Crippen molar-refractivity contribution in [1.29, 1.82) is 0 Å². The lowest BCUT2D eigenvalue weighted by Gasteiger charge is -2.20. The maximum atomic E-state index is 13.0. The van der Waals surface area contributed by atoms with Crippen LogP contribution in [0.1, 0.15) is 24.3 Å². The molecule has 3 N–H and O–H groups in total. The van der Waals surface area contributed by atoms with Gasteiger partial charge in [-0.05, 0) is 29.9 Å². The summed E-state index contributed by atoms with van der Waals surface area (Å²) in [6, 6.07) is 6.86. The van der Waals surface area contributed by atoms with E-state index in [-0.39, 0.29) is 18.4 Å². The molecule has 7 heteroatoms. The van der Waals surface area contributed by atoms with E-state index in [1.165, 1.54) is 23.9 Å². The summed E-state index contributed by atoms with van der Waals surface area (Å²) >= 11 is 1.29. The van der Waals surface area contributed by atoms with Gasteiger partial charge in [0.05, 0.1) is 5.92 Å². The van der Waals surface area contributed by atoms with E-state index in [0.29, 0.717) is 11.5 Å².